The summed E-state index contributed by atoms with van der Waals surface area (Å²) in [6.07, 6.45) is 3.87. The number of carbonyl (C=O) groups excluding carboxylic acids is 2. The SMILES string of the molecule is CO[C@H](C)C(=O)O[C@@H]1C[C@]2(C(C)C)O[C@@]1(C)[C@@H]1CCC(C)=C1[C@@H]2OC(=O)/C=C/c1ccccc1. The first-order valence-electron chi connectivity index (χ1n) is 12.2. The van der Waals surface area contributed by atoms with Crippen LogP contribution in [0.25, 0.3) is 6.08 Å². The topological polar surface area (TPSA) is 71.1 Å². The van der Waals surface area contributed by atoms with Crippen LogP contribution in [0.1, 0.15) is 59.4 Å². The van der Waals surface area contributed by atoms with Gasteiger partial charge in [-0.15, -0.1) is 0 Å². The lowest BCUT2D eigenvalue weighted by Crippen LogP contribution is -2.58. The Kier molecular flexibility index (Phi) is 6.76. The summed E-state index contributed by atoms with van der Waals surface area (Å²) in [5.74, 6) is -0.745. The Hall–Kier alpha value is -2.44. The Labute approximate surface area is 202 Å². The molecule has 2 heterocycles. The van der Waals surface area contributed by atoms with Crippen molar-refractivity contribution < 1.29 is 28.5 Å². The van der Waals surface area contributed by atoms with Crippen molar-refractivity contribution in [1.82, 2.24) is 0 Å². The van der Waals surface area contributed by atoms with Gasteiger partial charge < -0.3 is 18.9 Å². The molecule has 34 heavy (non-hydrogen) atoms. The highest BCUT2D eigenvalue weighted by molar-refractivity contribution is 5.87. The molecule has 0 unspecified atom stereocenters. The minimum Gasteiger partial charge on any atom is -0.457 e. The maximum Gasteiger partial charge on any atom is 0.335 e. The first-order chi connectivity index (χ1) is 16.1. The van der Waals surface area contributed by atoms with Crippen LogP contribution in [-0.4, -0.2) is 48.6 Å². The highest BCUT2D eigenvalue weighted by Crippen LogP contribution is 2.61. The van der Waals surface area contributed by atoms with Crippen molar-refractivity contribution in [1.29, 1.82) is 0 Å². The van der Waals surface area contributed by atoms with Gasteiger partial charge in [0.1, 0.15) is 17.3 Å². The molecule has 1 aliphatic carbocycles. The quantitative estimate of drug-likeness (QED) is 0.323. The molecular weight excluding hydrogens is 432 g/mol. The van der Waals surface area contributed by atoms with Gasteiger partial charge in [-0.1, -0.05) is 49.8 Å². The minimum atomic E-state index is -0.774. The standard InChI is InChI=1S/C28H36O6/c1-17(2)28-16-22(32-26(30)19(4)31-6)27(5,34-28)21-14-12-18(3)24(21)25(28)33-23(29)15-13-20-10-8-7-9-11-20/h7-11,13,15,17,19,21-22,25H,12,14,16H2,1-6H3/b15-13+/t19-,21-,22-,25+,27+,28-/m1/s1. The average molecular weight is 469 g/mol. The van der Waals surface area contributed by atoms with Crippen LogP contribution in [0.15, 0.2) is 47.6 Å². The second-order valence-electron chi connectivity index (χ2n) is 10.3. The van der Waals surface area contributed by atoms with Crippen molar-refractivity contribution in [2.75, 3.05) is 7.11 Å². The summed E-state index contributed by atoms with van der Waals surface area (Å²) in [6, 6.07) is 9.66. The Morgan fingerprint density at radius 1 is 1.15 bits per heavy atom. The van der Waals surface area contributed by atoms with Crippen LogP contribution in [0.5, 0.6) is 0 Å². The Bertz CT molecular complexity index is 995. The molecule has 2 fully saturated rings. The predicted molar refractivity (Wildman–Crippen MR) is 129 cm³/mol. The summed E-state index contributed by atoms with van der Waals surface area (Å²) in [4.78, 5) is 25.7. The lowest BCUT2D eigenvalue weighted by molar-refractivity contribution is -0.223. The fraction of sp³-hybridized carbons (Fsp3) is 0.571. The summed E-state index contributed by atoms with van der Waals surface area (Å²) >= 11 is 0. The molecule has 2 aliphatic heterocycles. The number of ether oxygens (including phenoxy) is 4. The van der Waals surface area contributed by atoms with E-state index in [-0.39, 0.29) is 11.8 Å². The van der Waals surface area contributed by atoms with Gasteiger partial charge in [0.25, 0.3) is 0 Å². The van der Waals surface area contributed by atoms with E-state index in [1.165, 1.54) is 18.8 Å². The Morgan fingerprint density at radius 3 is 2.50 bits per heavy atom. The lowest BCUT2D eigenvalue weighted by atomic mass is 9.74. The third kappa shape index (κ3) is 4.11. The highest BCUT2D eigenvalue weighted by Gasteiger charge is 2.70. The second-order valence-corrected chi connectivity index (χ2v) is 10.3. The van der Waals surface area contributed by atoms with Crippen molar-refractivity contribution in [3.8, 4) is 0 Å². The third-order valence-electron chi connectivity index (χ3n) is 8.01. The molecule has 6 nitrogen and oxygen atoms in total. The van der Waals surface area contributed by atoms with Gasteiger partial charge in [0, 0.05) is 25.5 Å². The third-order valence-corrected chi connectivity index (χ3v) is 8.01. The Balaban J connectivity index is 1.67. The fourth-order valence-corrected chi connectivity index (χ4v) is 5.88. The van der Waals surface area contributed by atoms with E-state index in [9.17, 15) is 9.59 Å². The van der Waals surface area contributed by atoms with E-state index < -0.39 is 41.5 Å². The number of hydrogen-bond acceptors (Lipinski definition) is 6. The van der Waals surface area contributed by atoms with Crippen LogP contribution >= 0.6 is 0 Å². The number of allylic oxidation sites excluding steroid dienone is 1. The van der Waals surface area contributed by atoms with E-state index in [0.29, 0.717) is 6.42 Å². The second kappa shape index (κ2) is 9.31. The van der Waals surface area contributed by atoms with Crippen LogP contribution in [0, 0.1) is 11.8 Å². The van der Waals surface area contributed by atoms with Gasteiger partial charge in [0.05, 0.1) is 0 Å². The molecular formula is C28H36O6. The molecule has 0 radical (unpaired) electrons. The van der Waals surface area contributed by atoms with Crippen LogP contribution in [0.4, 0.5) is 0 Å². The monoisotopic (exact) mass is 468 g/mol. The summed E-state index contributed by atoms with van der Waals surface area (Å²) < 4.78 is 24.2. The zero-order chi connectivity index (χ0) is 24.7. The molecule has 1 aromatic rings. The summed E-state index contributed by atoms with van der Waals surface area (Å²) in [7, 11) is 1.49. The van der Waals surface area contributed by atoms with E-state index >= 15 is 0 Å². The van der Waals surface area contributed by atoms with Crippen molar-refractivity contribution >= 4 is 18.0 Å². The molecule has 184 valence electrons. The first-order valence-corrected chi connectivity index (χ1v) is 12.2. The molecule has 0 N–H and O–H groups in total. The van der Waals surface area contributed by atoms with E-state index in [0.717, 1.165) is 24.0 Å². The smallest absolute Gasteiger partial charge is 0.335 e. The van der Waals surface area contributed by atoms with Crippen molar-refractivity contribution in [3.05, 3.63) is 53.1 Å². The number of fused-ring (bicyclic) bond motifs is 4. The van der Waals surface area contributed by atoms with Gasteiger partial charge in [-0.25, -0.2) is 9.59 Å². The molecule has 0 amide bonds. The van der Waals surface area contributed by atoms with Gasteiger partial charge in [0.2, 0.25) is 0 Å². The number of carbonyl (C=O) groups is 2. The van der Waals surface area contributed by atoms with Gasteiger partial charge in [-0.3, -0.25) is 0 Å². The number of esters is 2. The number of methoxy groups -OCH3 is 1. The van der Waals surface area contributed by atoms with E-state index in [2.05, 4.69) is 20.8 Å². The van der Waals surface area contributed by atoms with Crippen molar-refractivity contribution in [3.63, 3.8) is 0 Å². The minimum absolute atomic E-state index is 0.0217. The lowest BCUT2D eigenvalue weighted by Gasteiger charge is -2.50. The van der Waals surface area contributed by atoms with Crippen molar-refractivity contribution in [2.24, 2.45) is 11.8 Å². The first kappa shape index (κ1) is 24.7. The number of rotatable bonds is 7. The molecule has 3 aliphatic rings. The van der Waals surface area contributed by atoms with Crippen LogP contribution < -0.4 is 0 Å². The zero-order valence-corrected chi connectivity index (χ0v) is 21.0. The molecule has 0 saturated carbocycles. The molecule has 4 rings (SSSR count). The summed E-state index contributed by atoms with van der Waals surface area (Å²) in [5.41, 5.74) is 1.86. The van der Waals surface area contributed by atoms with E-state index in [1.54, 1.807) is 13.0 Å². The number of benzene rings is 1. The molecule has 1 aromatic carbocycles. The highest BCUT2D eigenvalue weighted by atomic mass is 16.6. The predicted octanol–water partition coefficient (Wildman–Crippen LogP) is 4.87. The Morgan fingerprint density at radius 2 is 1.85 bits per heavy atom. The molecule has 2 bridgehead atoms. The maximum absolute atomic E-state index is 13.0. The van der Waals surface area contributed by atoms with Gasteiger partial charge in [0.15, 0.2) is 12.2 Å². The average Bonchev–Trinajstić information content (AvgIpc) is 3.33. The largest absolute Gasteiger partial charge is 0.457 e. The fourth-order valence-electron chi connectivity index (χ4n) is 5.88. The maximum atomic E-state index is 13.0. The molecule has 6 atom stereocenters. The van der Waals surface area contributed by atoms with E-state index in [4.69, 9.17) is 18.9 Å². The van der Waals surface area contributed by atoms with Crippen LogP contribution in [-0.2, 0) is 28.5 Å². The molecule has 2 saturated heterocycles. The molecule has 6 heteroatoms. The zero-order valence-electron chi connectivity index (χ0n) is 21.0. The van der Waals surface area contributed by atoms with E-state index in [1.807, 2.05) is 37.3 Å². The van der Waals surface area contributed by atoms with Crippen LogP contribution in [0.3, 0.4) is 0 Å². The summed E-state index contributed by atoms with van der Waals surface area (Å²) in [5, 5.41) is 0. The normalized spacial score (nSPS) is 33.3. The van der Waals surface area contributed by atoms with Gasteiger partial charge in [-0.05, 0) is 56.7 Å². The molecule has 0 spiro atoms. The summed E-state index contributed by atoms with van der Waals surface area (Å²) in [6.45, 7) is 10.00. The van der Waals surface area contributed by atoms with Crippen molar-refractivity contribution in [2.45, 2.75) is 83.4 Å². The van der Waals surface area contributed by atoms with Gasteiger partial charge >= 0.3 is 11.9 Å². The van der Waals surface area contributed by atoms with Crippen LogP contribution in [0.2, 0.25) is 0 Å². The number of hydrogen-bond donors (Lipinski definition) is 0. The molecule has 0 aromatic heterocycles. The van der Waals surface area contributed by atoms with Gasteiger partial charge in [-0.2, -0.15) is 0 Å².